The summed E-state index contributed by atoms with van der Waals surface area (Å²) in [5.74, 6) is 1.12. The summed E-state index contributed by atoms with van der Waals surface area (Å²) >= 11 is 3.50. The molecule has 0 fully saturated rings. The van der Waals surface area contributed by atoms with E-state index in [2.05, 4.69) is 47.1 Å². The van der Waals surface area contributed by atoms with E-state index in [9.17, 15) is 4.79 Å². The Labute approximate surface area is 183 Å². The quantitative estimate of drug-likeness (QED) is 0.306. The van der Waals surface area contributed by atoms with Crippen molar-refractivity contribution in [2.24, 2.45) is 0 Å². The van der Waals surface area contributed by atoms with E-state index >= 15 is 0 Å². The van der Waals surface area contributed by atoms with Crippen molar-refractivity contribution in [3.63, 3.8) is 0 Å². The summed E-state index contributed by atoms with van der Waals surface area (Å²) in [5, 5.41) is 0. The number of hydrogen-bond acceptors (Lipinski definition) is 2. The van der Waals surface area contributed by atoms with Crippen LogP contribution in [0.15, 0.2) is 30.3 Å². The van der Waals surface area contributed by atoms with Crippen LogP contribution in [0.2, 0.25) is 0 Å². The van der Waals surface area contributed by atoms with Gasteiger partial charge in [-0.25, -0.2) is 0 Å². The number of alkyl halides is 1. The number of Topliss-reactive ketones (excluding diaryl/α,β-unsaturated/α-hetero) is 1. The van der Waals surface area contributed by atoms with Crippen LogP contribution >= 0.6 is 15.9 Å². The van der Waals surface area contributed by atoms with Crippen LogP contribution in [0.3, 0.4) is 0 Å². The Bertz CT molecular complexity index is 887. The maximum atomic E-state index is 12.5. The topological polar surface area (TPSA) is 26.3 Å². The van der Waals surface area contributed by atoms with Gasteiger partial charge in [-0.2, -0.15) is 0 Å². The van der Waals surface area contributed by atoms with Crippen molar-refractivity contribution in [3.05, 3.63) is 52.6 Å². The third kappa shape index (κ3) is 4.45. The molecule has 0 spiro atoms. The minimum absolute atomic E-state index is 0.0573. The second-order valence-corrected chi connectivity index (χ2v) is 9.60. The van der Waals surface area contributed by atoms with Crippen LogP contribution in [0.4, 0.5) is 0 Å². The van der Waals surface area contributed by atoms with Crippen LogP contribution in [0.5, 0.6) is 5.75 Å². The summed E-state index contributed by atoms with van der Waals surface area (Å²) in [5.41, 5.74) is 7.04. The SMILES string of the molecule is CCCCCCCCCc1ccc2c(c1)COc1c-2ccc2c1CCC(Br)C2=O. The zero-order chi connectivity index (χ0) is 20.2. The van der Waals surface area contributed by atoms with Crippen LogP contribution < -0.4 is 4.74 Å². The number of benzene rings is 2. The van der Waals surface area contributed by atoms with Crippen LogP contribution in [-0.2, 0) is 19.4 Å². The molecular weight excluding hydrogens is 424 g/mol. The smallest absolute Gasteiger partial charge is 0.176 e. The molecule has 2 aliphatic rings. The Hall–Kier alpha value is -1.61. The molecule has 0 N–H and O–H groups in total. The first-order chi connectivity index (χ1) is 14.2. The van der Waals surface area contributed by atoms with Crippen molar-refractivity contribution in [1.29, 1.82) is 0 Å². The highest BCUT2D eigenvalue weighted by atomic mass is 79.9. The summed E-state index contributed by atoms with van der Waals surface area (Å²) < 4.78 is 6.20. The van der Waals surface area contributed by atoms with Gasteiger partial charge in [0.05, 0.1) is 4.83 Å². The van der Waals surface area contributed by atoms with Crippen molar-refractivity contribution >= 4 is 21.7 Å². The number of unbranched alkanes of at least 4 members (excludes halogenated alkanes) is 6. The highest BCUT2D eigenvalue weighted by Gasteiger charge is 2.30. The van der Waals surface area contributed by atoms with Crippen LogP contribution in [0.25, 0.3) is 11.1 Å². The monoisotopic (exact) mass is 454 g/mol. The Morgan fingerprint density at radius 3 is 2.52 bits per heavy atom. The molecule has 1 aliphatic carbocycles. The number of carbonyl (C=O) groups is 1. The first-order valence-corrected chi connectivity index (χ1v) is 12.2. The summed E-state index contributed by atoms with van der Waals surface area (Å²) in [4.78, 5) is 12.4. The van der Waals surface area contributed by atoms with Gasteiger partial charge >= 0.3 is 0 Å². The second-order valence-electron chi connectivity index (χ2n) is 8.49. The van der Waals surface area contributed by atoms with Gasteiger partial charge in [-0.15, -0.1) is 0 Å². The van der Waals surface area contributed by atoms with E-state index in [1.807, 2.05) is 6.07 Å². The highest BCUT2D eigenvalue weighted by Crippen LogP contribution is 2.44. The van der Waals surface area contributed by atoms with Crippen molar-refractivity contribution in [1.82, 2.24) is 0 Å². The lowest BCUT2D eigenvalue weighted by molar-refractivity contribution is 0.0980. The Balaban J connectivity index is 1.45. The highest BCUT2D eigenvalue weighted by molar-refractivity contribution is 9.10. The summed E-state index contributed by atoms with van der Waals surface area (Å²) in [6.07, 6.45) is 12.3. The molecule has 0 aromatic heterocycles. The second kappa shape index (κ2) is 9.47. The molecule has 154 valence electrons. The number of ether oxygens (including phenoxy) is 1. The first-order valence-electron chi connectivity index (χ1n) is 11.3. The number of fused-ring (bicyclic) bond motifs is 5. The number of rotatable bonds is 8. The van der Waals surface area contributed by atoms with Gasteiger partial charge in [0.1, 0.15) is 12.4 Å². The normalized spacial score (nSPS) is 17.3. The standard InChI is InChI=1S/C26H31BrO2/c1-2-3-4-5-6-7-8-9-18-10-11-20-19(16-18)17-29-26-22(20)13-12-21-23(26)14-15-24(27)25(21)28/h10-13,16,24H,2-9,14-15,17H2,1H3. The van der Waals surface area contributed by atoms with E-state index in [1.165, 1.54) is 61.6 Å². The number of halogens is 1. The van der Waals surface area contributed by atoms with Crippen molar-refractivity contribution < 1.29 is 9.53 Å². The largest absolute Gasteiger partial charge is 0.488 e. The molecule has 2 nitrogen and oxygen atoms in total. The maximum Gasteiger partial charge on any atom is 0.176 e. The van der Waals surface area contributed by atoms with Gasteiger partial charge in [0.15, 0.2) is 5.78 Å². The van der Waals surface area contributed by atoms with E-state index in [-0.39, 0.29) is 10.6 Å². The predicted molar refractivity (Wildman–Crippen MR) is 123 cm³/mol. The molecule has 0 saturated heterocycles. The summed E-state index contributed by atoms with van der Waals surface area (Å²) in [6, 6.07) is 10.9. The number of carbonyl (C=O) groups excluding carboxylic acids is 1. The Morgan fingerprint density at radius 1 is 0.966 bits per heavy atom. The van der Waals surface area contributed by atoms with Crippen molar-refractivity contribution in [3.8, 4) is 16.9 Å². The lowest BCUT2D eigenvalue weighted by Gasteiger charge is -2.28. The van der Waals surface area contributed by atoms with E-state index in [0.717, 1.165) is 41.7 Å². The molecule has 1 unspecified atom stereocenters. The average molecular weight is 455 g/mol. The molecule has 2 aromatic rings. The number of aryl methyl sites for hydroxylation is 1. The number of ketones is 1. The Morgan fingerprint density at radius 2 is 1.69 bits per heavy atom. The summed E-state index contributed by atoms with van der Waals surface area (Å²) in [7, 11) is 0. The van der Waals surface area contributed by atoms with Gasteiger partial charge in [0.25, 0.3) is 0 Å². The van der Waals surface area contributed by atoms with Crippen LogP contribution in [0, 0.1) is 0 Å². The van der Waals surface area contributed by atoms with Gasteiger partial charge in [0, 0.05) is 16.7 Å². The van der Waals surface area contributed by atoms with Gasteiger partial charge in [-0.1, -0.05) is 85.6 Å². The molecule has 0 bridgehead atoms. The molecular formula is C26H31BrO2. The average Bonchev–Trinajstić information content (AvgIpc) is 2.75. The van der Waals surface area contributed by atoms with E-state index in [1.54, 1.807) is 0 Å². The fourth-order valence-electron chi connectivity index (χ4n) is 4.68. The first kappa shape index (κ1) is 20.7. The fraction of sp³-hybridized carbons (Fsp3) is 0.500. The third-order valence-corrected chi connectivity index (χ3v) is 7.23. The van der Waals surface area contributed by atoms with Gasteiger partial charge in [-0.05, 0) is 48.4 Å². The van der Waals surface area contributed by atoms with Crippen LogP contribution in [0.1, 0.15) is 85.3 Å². The minimum Gasteiger partial charge on any atom is -0.488 e. The third-order valence-electron chi connectivity index (χ3n) is 6.36. The van der Waals surface area contributed by atoms with Crippen molar-refractivity contribution in [2.45, 2.75) is 82.6 Å². The lowest BCUT2D eigenvalue weighted by atomic mass is 9.85. The molecule has 3 heteroatoms. The fourth-order valence-corrected chi connectivity index (χ4v) is 5.15. The molecule has 29 heavy (non-hydrogen) atoms. The van der Waals surface area contributed by atoms with Gasteiger partial charge in [0.2, 0.25) is 0 Å². The molecule has 0 amide bonds. The molecule has 4 rings (SSSR count). The van der Waals surface area contributed by atoms with Gasteiger partial charge in [-0.3, -0.25) is 4.79 Å². The van der Waals surface area contributed by atoms with E-state index < -0.39 is 0 Å². The summed E-state index contributed by atoms with van der Waals surface area (Å²) in [6.45, 7) is 2.88. The van der Waals surface area contributed by atoms with E-state index in [0.29, 0.717) is 6.61 Å². The molecule has 0 radical (unpaired) electrons. The van der Waals surface area contributed by atoms with E-state index in [4.69, 9.17) is 4.74 Å². The predicted octanol–water partition coefficient (Wildman–Crippen LogP) is 7.43. The zero-order valence-electron chi connectivity index (χ0n) is 17.4. The van der Waals surface area contributed by atoms with Gasteiger partial charge < -0.3 is 4.74 Å². The molecule has 2 aromatic carbocycles. The minimum atomic E-state index is -0.0573. The zero-order valence-corrected chi connectivity index (χ0v) is 19.0. The molecule has 0 saturated carbocycles. The lowest BCUT2D eigenvalue weighted by Crippen LogP contribution is -2.23. The molecule has 1 heterocycles. The molecule has 1 aliphatic heterocycles. The molecule has 1 atom stereocenters. The maximum absolute atomic E-state index is 12.5. The number of hydrogen-bond donors (Lipinski definition) is 0. The van der Waals surface area contributed by atoms with Crippen molar-refractivity contribution in [2.75, 3.05) is 0 Å². The van der Waals surface area contributed by atoms with Crippen LogP contribution in [-0.4, -0.2) is 10.6 Å². The Kier molecular flexibility index (Phi) is 6.74.